The SMILES string of the molecule is O=C(NCc1ccccc1)[C@@H]1COC(=O)N1Cc1cccs1. The number of rotatable bonds is 5. The third kappa shape index (κ3) is 3.28. The summed E-state index contributed by atoms with van der Waals surface area (Å²) in [5.74, 6) is -0.189. The lowest BCUT2D eigenvalue weighted by Gasteiger charge is -2.20. The number of nitrogens with one attached hydrogen (secondary N) is 1. The Bertz CT molecular complexity index is 643. The van der Waals surface area contributed by atoms with Crippen LogP contribution in [-0.2, 0) is 22.6 Å². The van der Waals surface area contributed by atoms with Gasteiger partial charge in [0.1, 0.15) is 12.6 Å². The molecule has 1 aromatic carbocycles. The number of hydrogen-bond acceptors (Lipinski definition) is 4. The highest BCUT2D eigenvalue weighted by molar-refractivity contribution is 7.09. The van der Waals surface area contributed by atoms with E-state index in [2.05, 4.69) is 5.32 Å². The van der Waals surface area contributed by atoms with Crippen molar-refractivity contribution in [1.29, 1.82) is 0 Å². The molecule has 2 amide bonds. The van der Waals surface area contributed by atoms with Crippen molar-refractivity contribution in [3.05, 3.63) is 58.3 Å². The standard InChI is InChI=1S/C16H16N2O3S/c19-15(17-9-12-5-2-1-3-6-12)14-11-21-16(20)18(14)10-13-7-4-8-22-13/h1-8,14H,9-11H2,(H,17,19)/t14-/m0/s1. The van der Waals surface area contributed by atoms with Gasteiger partial charge in [-0.2, -0.15) is 0 Å². The van der Waals surface area contributed by atoms with Gasteiger partial charge in [-0.15, -0.1) is 11.3 Å². The van der Waals surface area contributed by atoms with Gasteiger partial charge in [0.25, 0.3) is 0 Å². The van der Waals surface area contributed by atoms with Gasteiger partial charge >= 0.3 is 6.09 Å². The van der Waals surface area contributed by atoms with Gasteiger partial charge in [0.2, 0.25) is 5.91 Å². The molecule has 1 saturated heterocycles. The van der Waals surface area contributed by atoms with E-state index in [9.17, 15) is 9.59 Å². The minimum atomic E-state index is -0.571. The second kappa shape index (κ2) is 6.62. The van der Waals surface area contributed by atoms with E-state index >= 15 is 0 Å². The molecule has 1 aromatic heterocycles. The van der Waals surface area contributed by atoms with Gasteiger partial charge in [-0.25, -0.2) is 4.79 Å². The van der Waals surface area contributed by atoms with E-state index in [1.807, 2.05) is 47.8 Å². The van der Waals surface area contributed by atoms with Gasteiger partial charge in [0.05, 0.1) is 6.54 Å². The van der Waals surface area contributed by atoms with Crippen molar-refractivity contribution in [3.8, 4) is 0 Å². The zero-order chi connectivity index (χ0) is 15.4. The molecule has 2 aromatic rings. The highest BCUT2D eigenvalue weighted by Gasteiger charge is 2.37. The Morgan fingerprint density at radius 3 is 2.82 bits per heavy atom. The number of carbonyl (C=O) groups is 2. The maximum absolute atomic E-state index is 12.3. The lowest BCUT2D eigenvalue weighted by Crippen LogP contribution is -2.45. The van der Waals surface area contributed by atoms with Crippen molar-refractivity contribution >= 4 is 23.3 Å². The Balaban J connectivity index is 1.61. The van der Waals surface area contributed by atoms with Crippen LogP contribution in [0.3, 0.4) is 0 Å². The first kappa shape index (κ1) is 14.6. The summed E-state index contributed by atoms with van der Waals surface area (Å²) >= 11 is 1.55. The maximum Gasteiger partial charge on any atom is 0.410 e. The molecule has 2 heterocycles. The number of ether oxygens (including phenoxy) is 1. The molecular formula is C16H16N2O3S. The van der Waals surface area contributed by atoms with Crippen LogP contribution in [0.2, 0.25) is 0 Å². The van der Waals surface area contributed by atoms with Crippen LogP contribution < -0.4 is 5.32 Å². The van der Waals surface area contributed by atoms with Crippen molar-refractivity contribution in [2.24, 2.45) is 0 Å². The zero-order valence-corrected chi connectivity index (χ0v) is 12.7. The molecule has 3 rings (SSSR count). The monoisotopic (exact) mass is 316 g/mol. The Kier molecular flexibility index (Phi) is 4.39. The highest BCUT2D eigenvalue weighted by Crippen LogP contribution is 2.19. The van der Waals surface area contributed by atoms with Gasteiger partial charge in [0, 0.05) is 11.4 Å². The molecule has 0 radical (unpaired) electrons. The van der Waals surface area contributed by atoms with Gasteiger partial charge in [-0.3, -0.25) is 9.69 Å². The summed E-state index contributed by atoms with van der Waals surface area (Å²) in [6.07, 6.45) is -0.437. The molecule has 1 aliphatic rings. The molecule has 0 bridgehead atoms. The van der Waals surface area contributed by atoms with Crippen molar-refractivity contribution in [2.45, 2.75) is 19.1 Å². The Morgan fingerprint density at radius 1 is 1.27 bits per heavy atom. The fourth-order valence-electron chi connectivity index (χ4n) is 2.32. The molecule has 0 aliphatic carbocycles. The zero-order valence-electron chi connectivity index (χ0n) is 11.9. The molecule has 22 heavy (non-hydrogen) atoms. The number of nitrogens with zero attached hydrogens (tertiary/aromatic N) is 1. The van der Waals surface area contributed by atoms with E-state index in [-0.39, 0.29) is 12.5 Å². The molecule has 5 nitrogen and oxygen atoms in total. The van der Waals surface area contributed by atoms with E-state index in [0.29, 0.717) is 13.1 Å². The normalized spacial score (nSPS) is 17.4. The average Bonchev–Trinajstić information content (AvgIpc) is 3.17. The van der Waals surface area contributed by atoms with Crippen LogP contribution in [0.25, 0.3) is 0 Å². The maximum atomic E-state index is 12.3. The van der Waals surface area contributed by atoms with Crippen LogP contribution in [0, 0.1) is 0 Å². The first-order valence-corrected chi connectivity index (χ1v) is 7.89. The Labute approximate surface area is 132 Å². The van der Waals surface area contributed by atoms with Gasteiger partial charge in [-0.05, 0) is 17.0 Å². The van der Waals surface area contributed by atoms with Crippen LogP contribution in [-0.4, -0.2) is 29.5 Å². The van der Waals surface area contributed by atoms with Gasteiger partial charge in [-0.1, -0.05) is 36.4 Å². The lowest BCUT2D eigenvalue weighted by atomic mass is 10.2. The highest BCUT2D eigenvalue weighted by atomic mass is 32.1. The molecule has 1 fully saturated rings. The first-order valence-electron chi connectivity index (χ1n) is 7.01. The summed E-state index contributed by atoms with van der Waals surface area (Å²) in [5.41, 5.74) is 1.02. The molecule has 1 aliphatic heterocycles. The van der Waals surface area contributed by atoms with Crippen molar-refractivity contribution < 1.29 is 14.3 Å². The number of amides is 2. The van der Waals surface area contributed by atoms with Crippen LogP contribution in [0.5, 0.6) is 0 Å². The number of benzene rings is 1. The molecular weight excluding hydrogens is 300 g/mol. The van der Waals surface area contributed by atoms with Crippen molar-refractivity contribution in [2.75, 3.05) is 6.61 Å². The van der Waals surface area contributed by atoms with Crippen LogP contribution in [0.1, 0.15) is 10.4 Å². The fourth-order valence-corrected chi connectivity index (χ4v) is 3.02. The second-order valence-corrected chi connectivity index (χ2v) is 6.04. The summed E-state index contributed by atoms with van der Waals surface area (Å²) in [7, 11) is 0. The third-order valence-electron chi connectivity index (χ3n) is 3.49. The van der Waals surface area contributed by atoms with Gasteiger partial charge < -0.3 is 10.1 Å². The number of hydrogen-bond donors (Lipinski definition) is 1. The largest absolute Gasteiger partial charge is 0.447 e. The molecule has 114 valence electrons. The predicted octanol–water partition coefficient (Wildman–Crippen LogP) is 2.39. The molecule has 1 atom stereocenters. The molecule has 6 heteroatoms. The second-order valence-electron chi connectivity index (χ2n) is 5.00. The van der Waals surface area contributed by atoms with Crippen molar-refractivity contribution in [3.63, 3.8) is 0 Å². The van der Waals surface area contributed by atoms with E-state index in [0.717, 1.165) is 10.4 Å². The average molecular weight is 316 g/mol. The summed E-state index contributed by atoms with van der Waals surface area (Å²) in [4.78, 5) is 26.6. The topological polar surface area (TPSA) is 58.6 Å². The van der Waals surface area contributed by atoms with Crippen molar-refractivity contribution in [1.82, 2.24) is 10.2 Å². The molecule has 0 unspecified atom stereocenters. The summed E-state index contributed by atoms with van der Waals surface area (Å²) in [6.45, 7) is 0.946. The molecule has 0 saturated carbocycles. The number of carbonyl (C=O) groups excluding carboxylic acids is 2. The predicted molar refractivity (Wildman–Crippen MR) is 83.3 cm³/mol. The molecule has 1 N–H and O–H groups in total. The quantitative estimate of drug-likeness (QED) is 0.921. The van der Waals surface area contributed by atoms with Gasteiger partial charge in [0.15, 0.2) is 0 Å². The van der Waals surface area contributed by atoms with E-state index in [1.54, 1.807) is 11.3 Å². The van der Waals surface area contributed by atoms with Crippen LogP contribution in [0.4, 0.5) is 4.79 Å². The summed E-state index contributed by atoms with van der Waals surface area (Å²) in [5, 5.41) is 4.81. The fraction of sp³-hybridized carbons (Fsp3) is 0.250. The Hall–Kier alpha value is -2.34. The summed E-state index contributed by atoms with van der Waals surface area (Å²) < 4.78 is 5.03. The molecule has 0 spiro atoms. The number of thiophene rings is 1. The minimum Gasteiger partial charge on any atom is -0.447 e. The van der Waals surface area contributed by atoms with E-state index < -0.39 is 12.1 Å². The third-order valence-corrected chi connectivity index (χ3v) is 4.36. The lowest BCUT2D eigenvalue weighted by molar-refractivity contribution is -0.125. The minimum absolute atomic E-state index is 0.102. The Morgan fingerprint density at radius 2 is 2.09 bits per heavy atom. The van der Waals surface area contributed by atoms with Crippen LogP contribution >= 0.6 is 11.3 Å². The van der Waals surface area contributed by atoms with Crippen LogP contribution in [0.15, 0.2) is 47.8 Å². The van der Waals surface area contributed by atoms with E-state index in [4.69, 9.17) is 4.74 Å². The number of cyclic esters (lactones) is 1. The first-order chi connectivity index (χ1) is 10.7. The van der Waals surface area contributed by atoms with E-state index in [1.165, 1.54) is 4.90 Å². The smallest absolute Gasteiger partial charge is 0.410 e. The summed E-state index contributed by atoms with van der Waals surface area (Å²) in [6, 6.07) is 13.0.